The van der Waals surface area contributed by atoms with Crippen molar-refractivity contribution in [1.29, 1.82) is 0 Å². The van der Waals surface area contributed by atoms with Gasteiger partial charge in [-0.25, -0.2) is 0 Å². The summed E-state index contributed by atoms with van der Waals surface area (Å²) in [5.74, 6) is 0.745. The highest BCUT2D eigenvalue weighted by atomic mass is 35.5. The number of nitrogens with two attached hydrogens (primary N) is 1. The van der Waals surface area contributed by atoms with Crippen LogP contribution in [0.3, 0.4) is 0 Å². The molecule has 1 nitrogen and oxygen atoms in total. The molecule has 0 atom stereocenters. The van der Waals surface area contributed by atoms with Crippen LogP contribution in [0.2, 0.25) is 5.02 Å². The Morgan fingerprint density at radius 1 is 0.900 bits per heavy atom. The van der Waals surface area contributed by atoms with Gasteiger partial charge in [0.1, 0.15) is 0 Å². The van der Waals surface area contributed by atoms with Crippen molar-refractivity contribution in [2.45, 2.75) is 38.0 Å². The van der Waals surface area contributed by atoms with Crippen LogP contribution < -0.4 is 5.73 Å². The van der Waals surface area contributed by atoms with E-state index in [1.165, 1.54) is 37.7 Å². The largest absolute Gasteiger partial charge is 0.398 e. The van der Waals surface area contributed by atoms with Crippen molar-refractivity contribution in [3.8, 4) is 11.1 Å². The highest BCUT2D eigenvalue weighted by Crippen LogP contribution is 2.34. The monoisotopic (exact) mass is 285 g/mol. The second kappa shape index (κ2) is 5.88. The summed E-state index contributed by atoms with van der Waals surface area (Å²) in [4.78, 5) is 0. The highest BCUT2D eigenvalue weighted by Gasteiger charge is 2.15. The highest BCUT2D eigenvalue weighted by molar-refractivity contribution is 6.31. The Hall–Kier alpha value is -1.47. The van der Waals surface area contributed by atoms with Crippen LogP contribution in [0, 0.1) is 0 Å². The predicted octanol–water partition coefficient (Wildman–Crippen LogP) is 5.64. The lowest BCUT2D eigenvalue weighted by atomic mass is 9.83. The Bertz CT molecular complexity index is 583. The average Bonchev–Trinajstić information content (AvgIpc) is 2.51. The molecular formula is C18H20ClN. The van der Waals surface area contributed by atoms with E-state index in [0.29, 0.717) is 0 Å². The van der Waals surface area contributed by atoms with Gasteiger partial charge in [-0.3, -0.25) is 0 Å². The number of halogens is 1. The van der Waals surface area contributed by atoms with E-state index in [2.05, 4.69) is 24.3 Å². The van der Waals surface area contributed by atoms with E-state index in [-0.39, 0.29) is 0 Å². The molecule has 1 fully saturated rings. The van der Waals surface area contributed by atoms with Crippen LogP contribution in [0.25, 0.3) is 11.1 Å². The fourth-order valence-electron chi connectivity index (χ4n) is 3.15. The quantitative estimate of drug-likeness (QED) is 0.710. The van der Waals surface area contributed by atoms with E-state index in [0.717, 1.165) is 27.8 Å². The third-order valence-corrected chi connectivity index (χ3v) is 4.55. The summed E-state index contributed by atoms with van der Waals surface area (Å²) in [7, 11) is 0. The van der Waals surface area contributed by atoms with Gasteiger partial charge in [-0.05, 0) is 48.1 Å². The predicted molar refractivity (Wildman–Crippen MR) is 87.1 cm³/mol. The lowest BCUT2D eigenvalue weighted by molar-refractivity contribution is 0.443. The van der Waals surface area contributed by atoms with Crippen LogP contribution in [0.4, 0.5) is 5.69 Å². The smallest absolute Gasteiger partial charge is 0.0413 e. The first-order chi connectivity index (χ1) is 9.74. The van der Waals surface area contributed by atoms with E-state index < -0.39 is 0 Å². The van der Waals surface area contributed by atoms with Crippen molar-refractivity contribution >= 4 is 17.3 Å². The molecule has 0 heterocycles. The third-order valence-electron chi connectivity index (χ3n) is 4.31. The van der Waals surface area contributed by atoms with Crippen molar-refractivity contribution in [3.63, 3.8) is 0 Å². The van der Waals surface area contributed by atoms with Crippen molar-refractivity contribution in [2.24, 2.45) is 0 Å². The molecule has 1 aliphatic rings. The molecule has 2 aromatic rings. The molecule has 104 valence electrons. The molecule has 0 unspecified atom stereocenters. The van der Waals surface area contributed by atoms with Crippen molar-refractivity contribution in [2.75, 3.05) is 5.73 Å². The second-order valence-corrected chi connectivity index (χ2v) is 6.12. The summed E-state index contributed by atoms with van der Waals surface area (Å²) >= 11 is 6.06. The Labute approximate surface area is 125 Å². The zero-order chi connectivity index (χ0) is 13.9. The Morgan fingerprint density at radius 3 is 2.30 bits per heavy atom. The summed E-state index contributed by atoms with van der Waals surface area (Å²) < 4.78 is 0. The molecule has 0 aromatic heterocycles. The van der Waals surface area contributed by atoms with Gasteiger partial charge < -0.3 is 5.73 Å². The van der Waals surface area contributed by atoms with Gasteiger partial charge in [-0.2, -0.15) is 0 Å². The van der Waals surface area contributed by atoms with Gasteiger partial charge in [-0.15, -0.1) is 0 Å². The van der Waals surface area contributed by atoms with Crippen LogP contribution >= 0.6 is 11.6 Å². The maximum atomic E-state index is 6.06. The number of hydrogen-bond donors (Lipinski definition) is 1. The summed E-state index contributed by atoms with van der Waals surface area (Å²) in [5.41, 5.74) is 10.5. The van der Waals surface area contributed by atoms with Gasteiger partial charge in [0.2, 0.25) is 0 Å². The first-order valence-corrected chi connectivity index (χ1v) is 7.77. The molecule has 2 N–H and O–H groups in total. The minimum Gasteiger partial charge on any atom is -0.398 e. The molecule has 3 rings (SSSR count). The van der Waals surface area contributed by atoms with Crippen LogP contribution in [-0.4, -0.2) is 0 Å². The third kappa shape index (κ3) is 2.83. The lowest BCUT2D eigenvalue weighted by Gasteiger charge is -2.22. The molecule has 0 saturated heterocycles. The summed E-state index contributed by atoms with van der Waals surface area (Å²) in [5, 5.41) is 0.727. The molecule has 0 bridgehead atoms. The molecule has 2 heteroatoms. The van der Waals surface area contributed by atoms with Gasteiger partial charge in [0.15, 0.2) is 0 Å². The van der Waals surface area contributed by atoms with Crippen molar-refractivity contribution in [1.82, 2.24) is 0 Å². The number of nitrogen functional groups attached to an aromatic ring is 1. The zero-order valence-electron chi connectivity index (χ0n) is 11.6. The summed E-state index contributed by atoms with van der Waals surface area (Å²) in [6, 6.07) is 14.5. The van der Waals surface area contributed by atoms with E-state index in [1.54, 1.807) is 0 Å². The molecular weight excluding hydrogens is 266 g/mol. The number of hydrogen-bond acceptors (Lipinski definition) is 1. The molecule has 1 aliphatic carbocycles. The first kappa shape index (κ1) is 13.5. The first-order valence-electron chi connectivity index (χ1n) is 7.39. The lowest BCUT2D eigenvalue weighted by Crippen LogP contribution is -2.04. The average molecular weight is 286 g/mol. The maximum absolute atomic E-state index is 6.06. The van der Waals surface area contributed by atoms with E-state index in [9.17, 15) is 0 Å². The minimum atomic E-state index is 0.727. The Morgan fingerprint density at radius 2 is 1.60 bits per heavy atom. The minimum absolute atomic E-state index is 0.727. The molecule has 0 amide bonds. The number of rotatable bonds is 2. The fourth-order valence-corrected chi connectivity index (χ4v) is 3.32. The van der Waals surface area contributed by atoms with Crippen LogP contribution in [0.5, 0.6) is 0 Å². The molecule has 1 saturated carbocycles. The van der Waals surface area contributed by atoms with E-state index >= 15 is 0 Å². The van der Waals surface area contributed by atoms with Crippen molar-refractivity contribution in [3.05, 3.63) is 53.1 Å². The fraction of sp³-hybridized carbons (Fsp3) is 0.333. The van der Waals surface area contributed by atoms with Crippen LogP contribution in [0.1, 0.15) is 43.6 Å². The maximum Gasteiger partial charge on any atom is 0.0413 e. The zero-order valence-corrected chi connectivity index (χ0v) is 12.4. The van der Waals surface area contributed by atoms with E-state index in [1.807, 2.05) is 18.2 Å². The SMILES string of the molecule is Nc1ccc(Cl)cc1-c1ccc(C2CCCCC2)cc1. The van der Waals surface area contributed by atoms with E-state index in [4.69, 9.17) is 17.3 Å². The van der Waals surface area contributed by atoms with Gasteiger partial charge in [0, 0.05) is 16.3 Å². The normalized spacial score (nSPS) is 16.2. The van der Waals surface area contributed by atoms with Crippen LogP contribution in [-0.2, 0) is 0 Å². The molecule has 0 aliphatic heterocycles. The Balaban J connectivity index is 1.87. The van der Waals surface area contributed by atoms with Crippen molar-refractivity contribution < 1.29 is 0 Å². The molecule has 2 aromatic carbocycles. The van der Waals surface area contributed by atoms with Crippen LogP contribution in [0.15, 0.2) is 42.5 Å². The van der Waals surface area contributed by atoms with Gasteiger partial charge >= 0.3 is 0 Å². The summed E-state index contributed by atoms with van der Waals surface area (Å²) in [6.45, 7) is 0. The molecule has 20 heavy (non-hydrogen) atoms. The number of benzene rings is 2. The van der Waals surface area contributed by atoms with Gasteiger partial charge in [0.25, 0.3) is 0 Å². The molecule has 0 spiro atoms. The summed E-state index contributed by atoms with van der Waals surface area (Å²) in [6.07, 6.45) is 6.80. The Kier molecular flexibility index (Phi) is 3.98. The second-order valence-electron chi connectivity index (χ2n) is 5.69. The van der Waals surface area contributed by atoms with Gasteiger partial charge in [0.05, 0.1) is 0 Å². The topological polar surface area (TPSA) is 26.0 Å². The molecule has 0 radical (unpaired) electrons. The standard InChI is InChI=1S/C18H20ClN/c19-16-10-11-18(20)17(12-16)15-8-6-14(7-9-15)13-4-2-1-3-5-13/h6-13H,1-5,20H2. The van der Waals surface area contributed by atoms with Gasteiger partial charge in [-0.1, -0.05) is 55.1 Å². The number of anilines is 1.